The molecule has 6 heteroatoms. The zero-order chi connectivity index (χ0) is 19.1. The van der Waals surface area contributed by atoms with E-state index in [0.717, 1.165) is 4.90 Å². The molecule has 0 fully saturated rings. The van der Waals surface area contributed by atoms with Crippen LogP contribution < -0.4 is 15.0 Å². The summed E-state index contributed by atoms with van der Waals surface area (Å²) in [7, 11) is 1.47. The van der Waals surface area contributed by atoms with Gasteiger partial charge in [-0.2, -0.15) is 0 Å². The Morgan fingerprint density at radius 1 is 1.00 bits per heavy atom. The first-order chi connectivity index (χ1) is 12.2. The van der Waals surface area contributed by atoms with Gasteiger partial charge in [-0.1, -0.05) is 32.9 Å². The summed E-state index contributed by atoms with van der Waals surface area (Å²) in [4.78, 5) is 38.5. The van der Waals surface area contributed by atoms with Gasteiger partial charge in [-0.15, -0.1) is 0 Å². The van der Waals surface area contributed by atoms with Crippen molar-refractivity contribution in [3.63, 3.8) is 0 Å². The van der Waals surface area contributed by atoms with Gasteiger partial charge in [-0.05, 0) is 24.3 Å². The second-order valence-electron chi connectivity index (χ2n) is 7.08. The number of carbonyl (C=O) groups is 3. The van der Waals surface area contributed by atoms with Gasteiger partial charge in [0.1, 0.15) is 5.75 Å². The summed E-state index contributed by atoms with van der Waals surface area (Å²) in [6.07, 6.45) is 0. The average molecular weight is 352 g/mol. The van der Waals surface area contributed by atoms with Crippen LogP contribution in [0.5, 0.6) is 5.75 Å². The molecule has 1 aliphatic rings. The van der Waals surface area contributed by atoms with Crippen molar-refractivity contribution < 1.29 is 19.1 Å². The zero-order valence-electron chi connectivity index (χ0n) is 15.1. The highest BCUT2D eigenvalue weighted by Gasteiger charge is 2.36. The Morgan fingerprint density at radius 2 is 1.58 bits per heavy atom. The number of hydrogen-bond acceptors (Lipinski definition) is 4. The Balaban J connectivity index is 1.95. The topological polar surface area (TPSA) is 75.7 Å². The van der Waals surface area contributed by atoms with Crippen molar-refractivity contribution in [3.05, 3.63) is 53.6 Å². The molecule has 1 N–H and O–H groups in total. The molecule has 0 spiro atoms. The van der Waals surface area contributed by atoms with E-state index in [-0.39, 0.29) is 17.7 Å². The number of nitrogens with zero attached hydrogens (tertiary/aromatic N) is 1. The van der Waals surface area contributed by atoms with E-state index >= 15 is 0 Å². The van der Waals surface area contributed by atoms with E-state index in [1.54, 1.807) is 42.5 Å². The van der Waals surface area contributed by atoms with Gasteiger partial charge in [0.05, 0.1) is 29.6 Å². The van der Waals surface area contributed by atoms with Crippen molar-refractivity contribution in [2.75, 3.05) is 17.3 Å². The largest absolute Gasteiger partial charge is 0.494 e. The number of hydrogen-bond donors (Lipinski definition) is 1. The van der Waals surface area contributed by atoms with Crippen LogP contribution in [-0.2, 0) is 4.79 Å². The van der Waals surface area contributed by atoms with E-state index in [0.29, 0.717) is 28.3 Å². The third-order valence-electron chi connectivity index (χ3n) is 4.17. The molecule has 0 atom stereocenters. The first-order valence-electron chi connectivity index (χ1n) is 8.21. The smallest absolute Gasteiger partial charge is 0.266 e. The second kappa shape index (κ2) is 6.29. The fourth-order valence-corrected chi connectivity index (χ4v) is 2.66. The molecule has 2 aromatic carbocycles. The number of rotatable bonds is 3. The van der Waals surface area contributed by atoms with Gasteiger partial charge >= 0.3 is 0 Å². The van der Waals surface area contributed by atoms with Crippen LogP contribution in [0, 0.1) is 5.41 Å². The first kappa shape index (κ1) is 17.7. The van der Waals surface area contributed by atoms with Crippen LogP contribution >= 0.6 is 0 Å². The molecule has 0 saturated heterocycles. The van der Waals surface area contributed by atoms with Crippen LogP contribution in [0.1, 0.15) is 41.5 Å². The van der Waals surface area contributed by atoms with Crippen molar-refractivity contribution >= 4 is 29.1 Å². The average Bonchev–Trinajstić information content (AvgIpc) is 2.86. The molecule has 0 aromatic heterocycles. The normalized spacial score (nSPS) is 13.6. The maximum absolute atomic E-state index is 12.6. The highest BCUT2D eigenvalue weighted by atomic mass is 16.5. The SMILES string of the molecule is COc1cc(N2C(=O)c3ccccc3C2=O)ccc1NC(=O)C(C)(C)C. The number of methoxy groups -OCH3 is 1. The van der Waals surface area contributed by atoms with Gasteiger partial charge in [-0.3, -0.25) is 14.4 Å². The quantitative estimate of drug-likeness (QED) is 0.858. The lowest BCUT2D eigenvalue weighted by Crippen LogP contribution is -2.30. The molecule has 1 aliphatic heterocycles. The van der Waals surface area contributed by atoms with Gasteiger partial charge in [0, 0.05) is 11.5 Å². The van der Waals surface area contributed by atoms with Crippen molar-refractivity contribution in [2.45, 2.75) is 20.8 Å². The Bertz CT molecular complexity index is 877. The highest BCUT2D eigenvalue weighted by Crippen LogP contribution is 2.34. The van der Waals surface area contributed by atoms with Crippen LogP contribution in [0.4, 0.5) is 11.4 Å². The highest BCUT2D eigenvalue weighted by molar-refractivity contribution is 6.34. The third-order valence-corrected chi connectivity index (χ3v) is 4.17. The number of fused-ring (bicyclic) bond motifs is 1. The molecule has 134 valence electrons. The first-order valence-corrected chi connectivity index (χ1v) is 8.21. The number of anilines is 2. The lowest BCUT2D eigenvalue weighted by atomic mass is 9.95. The van der Waals surface area contributed by atoms with E-state index in [2.05, 4.69) is 5.32 Å². The van der Waals surface area contributed by atoms with E-state index < -0.39 is 5.41 Å². The fourth-order valence-electron chi connectivity index (χ4n) is 2.66. The summed E-state index contributed by atoms with van der Waals surface area (Å²) in [5.74, 6) is -0.542. The predicted molar refractivity (Wildman–Crippen MR) is 98.7 cm³/mol. The second-order valence-corrected chi connectivity index (χ2v) is 7.08. The number of imide groups is 1. The summed E-state index contributed by atoms with van der Waals surface area (Å²) in [6, 6.07) is 11.5. The van der Waals surface area contributed by atoms with E-state index in [9.17, 15) is 14.4 Å². The minimum atomic E-state index is -0.563. The van der Waals surface area contributed by atoms with E-state index in [4.69, 9.17) is 4.74 Å². The van der Waals surface area contributed by atoms with Gasteiger partial charge in [0.2, 0.25) is 5.91 Å². The number of amides is 3. The van der Waals surface area contributed by atoms with Crippen molar-refractivity contribution in [1.82, 2.24) is 0 Å². The summed E-state index contributed by atoms with van der Waals surface area (Å²) >= 11 is 0. The number of benzene rings is 2. The van der Waals surface area contributed by atoms with Gasteiger partial charge in [0.15, 0.2) is 0 Å². The van der Waals surface area contributed by atoms with Crippen LogP contribution in [0.15, 0.2) is 42.5 Å². The Labute approximate surface area is 151 Å². The fraction of sp³-hybridized carbons (Fsp3) is 0.250. The Kier molecular flexibility index (Phi) is 4.28. The predicted octanol–water partition coefficient (Wildman–Crippen LogP) is 3.48. The van der Waals surface area contributed by atoms with Gasteiger partial charge < -0.3 is 10.1 Å². The van der Waals surface area contributed by atoms with E-state index in [1.165, 1.54) is 7.11 Å². The Hall–Kier alpha value is -3.15. The lowest BCUT2D eigenvalue weighted by molar-refractivity contribution is -0.123. The maximum atomic E-state index is 12.6. The van der Waals surface area contributed by atoms with Crippen LogP contribution in [0.3, 0.4) is 0 Å². The molecule has 3 rings (SSSR count). The molecule has 0 aliphatic carbocycles. The summed E-state index contributed by atoms with van der Waals surface area (Å²) in [5, 5.41) is 2.81. The van der Waals surface area contributed by atoms with Crippen LogP contribution in [0.2, 0.25) is 0 Å². The lowest BCUT2D eigenvalue weighted by Gasteiger charge is -2.20. The standard InChI is InChI=1S/C20H20N2O4/c1-20(2,3)19(25)21-15-10-9-12(11-16(15)26-4)22-17(23)13-7-5-6-8-14(13)18(22)24/h5-11H,1-4H3,(H,21,25). The molecular formula is C20H20N2O4. The summed E-state index contributed by atoms with van der Waals surface area (Å²) in [5.41, 5.74) is 1.06. The van der Waals surface area contributed by atoms with Crippen LogP contribution in [0.25, 0.3) is 0 Å². The molecular weight excluding hydrogens is 332 g/mol. The minimum absolute atomic E-state index is 0.163. The molecule has 26 heavy (non-hydrogen) atoms. The van der Waals surface area contributed by atoms with Crippen molar-refractivity contribution in [1.29, 1.82) is 0 Å². The molecule has 0 unspecified atom stereocenters. The molecule has 0 saturated carbocycles. The molecule has 6 nitrogen and oxygen atoms in total. The van der Waals surface area contributed by atoms with Crippen molar-refractivity contribution in [2.24, 2.45) is 5.41 Å². The molecule has 0 radical (unpaired) electrons. The monoisotopic (exact) mass is 352 g/mol. The number of carbonyl (C=O) groups excluding carboxylic acids is 3. The van der Waals surface area contributed by atoms with E-state index in [1.807, 2.05) is 20.8 Å². The molecule has 3 amide bonds. The number of ether oxygens (including phenoxy) is 1. The third kappa shape index (κ3) is 2.94. The minimum Gasteiger partial charge on any atom is -0.494 e. The molecule has 2 aromatic rings. The summed E-state index contributed by atoms with van der Waals surface area (Å²) in [6.45, 7) is 5.42. The number of nitrogens with one attached hydrogen (secondary N) is 1. The summed E-state index contributed by atoms with van der Waals surface area (Å²) < 4.78 is 5.34. The maximum Gasteiger partial charge on any atom is 0.266 e. The van der Waals surface area contributed by atoms with Crippen molar-refractivity contribution in [3.8, 4) is 5.75 Å². The van der Waals surface area contributed by atoms with Gasteiger partial charge in [0.25, 0.3) is 11.8 Å². The zero-order valence-corrected chi connectivity index (χ0v) is 15.1. The van der Waals surface area contributed by atoms with Crippen LogP contribution in [-0.4, -0.2) is 24.8 Å². The van der Waals surface area contributed by atoms with Gasteiger partial charge in [-0.25, -0.2) is 4.90 Å². The molecule has 1 heterocycles. The Morgan fingerprint density at radius 3 is 2.08 bits per heavy atom. The molecule has 0 bridgehead atoms.